The van der Waals surface area contributed by atoms with Crippen molar-refractivity contribution in [1.82, 2.24) is 0 Å². The van der Waals surface area contributed by atoms with Crippen LogP contribution in [0, 0.1) is 6.92 Å². The lowest BCUT2D eigenvalue weighted by Crippen LogP contribution is -2.30. The highest BCUT2D eigenvalue weighted by atomic mass is 32.2. The summed E-state index contributed by atoms with van der Waals surface area (Å²) in [4.78, 5) is 25.3. The molecule has 27 heavy (non-hydrogen) atoms. The fourth-order valence-electron chi connectivity index (χ4n) is 2.30. The van der Waals surface area contributed by atoms with Gasteiger partial charge in [-0.1, -0.05) is 18.2 Å². The monoisotopic (exact) mass is 389 g/mol. The fraction of sp³-hybridized carbons (Fsp3) is 0.300. The van der Waals surface area contributed by atoms with E-state index in [1.807, 2.05) is 31.2 Å². The van der Waals surface area contributed by atoms with Gasteiger partial charge in [0.15, 0.2) is 17.6 Å². The highest BCUT2D eigenvalue weighted by Crippen LogP contribution is 2.29. The van der Waals surface area contributed by atoms with Crippen LogP contribution in [0.25, 0.3) is 0 Å². The second kappa shape index (κ2) is 9.87. The third-order valence-corrected chi connectivity index (χ3v) is 4.92. The summed E-state index contributed by atoms with van der Waals surface area (Å²) in [6.45, 7) is 3.51. The lowest BCUT2D eigenvalue weighted by atomic mass is 10.2. The average molecular weight is 389 g/mol. The molecule has 144 valence electrons. The predicted octanol–water partition coefficient (Wildman–Crippen LogP) is 3.67. The standard InChI is InChI=1S/C20H23NO5S/c1-13-7-5-6-8-18(13)27-12-19(22)26-14(2)20(23)21-15-9-10-16(24-3)17(11-15)25-4/h5-11,14H,12H2,1-4H3,(H,21,23)/t14-/m0/s1. The van der Waals surface area contributed by atoms with Gasteiger partial charge in [0.1, 0.15) is 0 Å². The number of nitrogens with one attached hydrogen (secondary N) is 1. The smallest absolute Gasteiger partial charge is 0.317 e. The first-order valence-corrected chi connectivity index (χ1v) is 9.34. The van der Waals surface area contributed by atoms with Crippen molar-refractivity contribution < 1.29 is 23.8 Å². The van der Waals surface area contributed by atoms with Gasteiger partial charge in [0, 0.05) is 16.6 Å². The Balaban J connectivity index is 1.87. The maximum absolute atomic E-state index is 12.3. The average Bonchev–Trinajstić information content (AvgIpc) is 2.67. The molecule has 0 heterocycles. The molecule has 0 saturated heterocycles. The summed E-state index contributed by atoms with van der Waals surface area (Å²) in [5, 5.41) is 2.70. The minimum absolute atomic E-state index is 0.138. The van der Waals surface area contributed by atoms with E-state index in [1.165, 1.54) is 32.9 Å². The Morgan fingerprint density at radius 2 is 1.78 bits per heavy atom. The van der Waals surface area contributed by atoms with Crippen molar-refractivity contribution in [2.75, 3.05) is 25.3 Å². The highest BCUT2D eigenvalue weighted by molar-refractivity contribution is 8.00. The molecule has 0 aliphatic carbocycles. The number of esters is 1. The zero-order valence-electron chi connectivity index (χ0n) is 15.8. The Morgan fingerprint density at radius 1 is 1.07 bits per heavy atom. The van der Waals surface area contributed by atoms with Crippen LogP contribution in [0.3, 0.4) is 0 Å². The number of amides is 1. The van der Waals surface area contributed by atoms with Gasteiger partial charge in [-0.2, -0.15) is 0 Å². The van der Waals surface area contributed by atoms with Gasteiger partial charge in [-0.3, -0.25) is 9.59 Å². The summed E-state index contributed by atoms with van der Waals surface area (Å²) in [7, 11) is 3.05. The van der Waals surface area contributed by atoms with Crippen LogP contribution in [-0.2, 0) is 14.3 Å². The number of thioether (sulfide) groups is 1. The summed E-state index contributed by atoms with van der Waals surface area (Å²) >= 11 is 1.39. The van der Waals surface area contributed by atoms with Gasteiger partial charge in [0.25, 0.3) is 5.91 Å². The Bertz CT molecular complexity index is 809. The van der Waals surface area contributed by atoms with E-state index in [-0.39, 0.29) is 5.75 Å². The molecule has 1 amide bonds. The highest BCUT2D eigenvalue weighted by Gasteiger charge is 2.19. The van der Waals surface area contributed by atoms with Crippen LogP contribution >= 0.6 is 11.8 Å². The quantitative estimate of drug-likeness (QED) is 0.548. The van der Waals surface area contributed by atoms with Crippen LogP contribution in [-0.4, -0.2) is 38.0 Å². The van der Waals surface area contributed by atoms with Gasteiger partial charge in [-0.15, -0.1) is 11.8 Å². The Hall–Kier alpha value is -2.67. The first-order chi connectivity index (χ1) is 12.9. The van der Waals surface area contributed by atoms with Gasteiger partial charge in [0.05, 0.1) is 20.0 Å². The molecular formula is C20H23NO5S. The van der Waals surface area contributed by atoms with Crippen molar-refractivity contribution in [2.24, 2.45) is 0 Å². The first kappa shape index (κ1) is 20.6. The van der Waals surface area contributed by atoms with E-state index in [0.29, 0.717) is 17.2 Å². The van der Waals surface area contributed by atoms with Crippen LogP contribution in [0.1, 0.15) is 12.5 Å². The summed E-state index contributed by atoms with van der Waals surface area (Å²) in [6.07, 6.45) is -0.914. The number of hydrogen-bond donors (Lipinski definition) is 1. The predicted molar refractivity (Wildman–Crippen MR) is 106 cm³/mol. The number of methoxy groups -OCH3 is 2. The zero-order valence-corrected chi connectivity index (χ0v) is 16.6. The number of ether oxygens (including phenoxy) is 3. The molecule has 0 aliphatic heterocycles. The summed E-state index contributed by atoms with van der Waals surface area (Å²) in [5.74, 6) is 0.325. The molecule has 1 N–H and O–H groups in total. The number of carbonyl (C=O) groups excluding carboxylic acids is 2. The van der Waals surface area contributed by atoms with E-state index in [9.17, 15) is 9.59 Å². The summed E-state index contributed by atoms with van der Waals surface area (Å²) < 4.78 is 15.6. The molecule has 0 saturated carbocycles. The fourth-order valence-corrected chi connectivity index (χ4v) is 3.11. The Morgan fingerprint density at radius 3 is 2.44 bits per heavy atom. The van der Waals surface area contributed by atoms with Crippen molar-refractivity contribution in [2.45, 2.75) is 24.8 Å². The second-order valence-electron chi connectivity index (χ2n) is 5.75. The van der Waals surface area contributed by atoms with Crippen LogP contribution in [0.2, 0.25) is 0 Å². The van der Waals surface area contributed by atoms with E-state index >= 15 is 0 Å². The molecule has 1 atom stereocenters. The third kappa shape index (κ3) is 5.92. The van der Waals surface area contributed by atoms with E-state index in [0.717, 1.165) is 10.5 Å². The largest absolute Gasteiger partial charge is 0.493 e. The number of benzene rings is 2. The van der Waals surface area contributed by atoms with Crippen molar-refractivity contribution >= 4 is 29.3 Å². The maximum atomic E-state index is 12.3. The van der Waals surface area contributed by atoms with Crippen LogP contribution in [0.15, 0.2) is 47.4 Å². The molecule has 0 fully saturated rings. The first-order valence-electron chi connectivity index (χ1n) is 8.35. The Kier molecular flexibility index (Phi) is 7.55. The molecule has 2 aromatic carbocycles. The molecule has 2 rings (SSSR count). The van der Waals surface area contributed by atoms with Crippen molar-refractivity contribution in [3.63, 3.8) is 0 Å². The zero-order chi connectivity index (χ0) is 19.8. The number of carbonyl (C=O) groups is 2. The molecule has 0 bridgehead atoms. The van der Waals surface area contributed by atoms with Crippen LogP contribution < -0.4 is 14.8 Å². The van der Waals surface area contributed by atoms with E-state index in [2.05, 4.69) is 5.32 Å². The minimum atomic E-state index is -0.914. The summed E-state index contributed by atoms with van der Waals surface area (Å²) in [5.41, 5.74) is 1.62. The second-order valence-corrected chi connectivity index (χ2v) is 6.76. The lowest BCUT2D eigenvalue weighted by molar-refractivity contribution is -0.150. The SMILES string of the molecule is COc1ccc(NC(=O)[C@H](C)OC(=O)CSc2ccccc2C)cc1OC. The lowest BCUT2D eigenvalue weighted by Gasteiger charge is -2.15. The van der Waals surface area contributed by atoms with Crippen molar-refractivity contribution in [3.05, 3.63) is 48.0 Å². The van der Waals surface area contributed by atoms with Crippen molar-refractivity contribution in [3.8, 4) is 11.5 Å². The maximum Gasteiger partial charge on any atom is 0.317 e. The molecule has 2 aromatic rings. The van der Waals surface area contributed by atoms with Gasteiger partial charge in [0.2, 0.25) is 0 Å². The number of hydrogen-bond acceptors (Lipinski definition) is 6. The number of aryl methyl sites for hydroxylation is 1. The topological polar surface area (TPSA) is 73.9 Å². The molecule has 7 heteroatoms. The molecule has 0 unspecified atom stereocenters. The van der Waals surface area contributed by atoms with E-state index in [4.69, 9.17) is 14.2 Å². The number of anilines is 1. The molecule has 0 aromatic heterocycles. The van der Waals surface area contributed by atoms with Gasteiger partial charge in [-0.05, 0) is 37.6 Å². The van der Waals surface area contributed by atoms with Gasteiger partial charge in [-0.25, -0.2) is 0 Å². The van der Waals surface area contributed by atoms with Gasteiger partial charge < -0.3 is 19.5 Å². The van der Waals surface area contributed by atoms with Crippen LogP contribution in [0.4, 0.5) is 5.69 Å². The normalized spacial score (nSPS) is 11.4. The Labute approximate surface area is 163 Å². The molecule has 0 aliphatic rings. The molecular weight excluding hydrogens is 366 g/mol. The van der Waals surface area contributed by atoms with Gasteiger partial charge >= 0.3 is 5.97 Å². The van der Waals surface area contributed by atoms with Crippen molar-refractivity contribution in [1.29, 1.82) is 0 Å². The minimum Gasteiger partial charge on any atom is -0.493 e. The number of rotatable bonds is 8. The summed E-state index contributed by atoms with van der Waals surface area (Å²) in [6, 6.07) is 12.8. The molecule has 0 spiro atoms. The molecule has 6 nitrogen and oxygen atoms in total. The molecule has 0 radical (unpaired) electrons. The van der Waals surface area contributed by atoms with E-state index < -0.39 is 18.0 Å². The van der Waals surface area contributed by atoms with E-state index in [1.54, 1.807) is 18.2 Å². The third-order valence-electron chi connectivity index (χ3n) is 3.77. The van der Waals surface area contributed by atoms with Crippen LogP contribution in [0.5, 0.6) is 11.5 Å².